The quantitative estimate of drug-likeness (QED) is 0.225. The summed E-state index contributed by atoms with van der Waals surface area (Å²) in [4.78, 5) is 40.8. The summed E-state index contributed by atoms with van der Waals surface area (Å²) in [7, 11) is 0. The SMILES string of the molecule is Cc1ccc2c(CC(=O)[C@@H]3C[C@@H]3F)cccc2c1Oc1ncccc1-c1ccnc(N[C@H]2CCCN(C(=O)OC(C)(C)C)C2)n1. The molecule has 0 bridgehead atoms. The number of hydrogen-bond donors (Lipinski definition) is 1. The van der Waals surface area contributed by atoms with Gasteiger partial charge in [-0.2, -0.15) is 0 Å². The Morgan fingerprint density at radius 2 is 1.87 bits per heavy atom. The van der Waals surface area contributed by atoms with Crippen LogP contribution in [0.25, 0.3) is 22.0 Å². The summed E-state index contributed by atoms with van der Waals surface area (Å²) in [6, 6.07) is 15.2. The van der Waals surface area contributed by atoms with Gasteiger partial charge in [0.05, 0.1) is 17.2 Å². The van der Waals surface area contributed by atoms with Gasteiger partial charge in [0.2, 0.25) is 11.8 Å². The van der Waals surface area contributed by atoms with Crippen LogP contribution in [0.2, 0.25) is 0 Å². The van der Waals surface area contributed by atoms with E-state index >= 15 is 0 Å². The molecule has 1 saturated heterocycles. The van der Waals surface area contributed by atoms with E-state index < -0.39 is 17.7 Å². The molecule has 2 aromatic heterocycles. The third kappa shape index (κ3) is 7.05. The number of nitrogens with one attached hydrogen (secondary N) is 1. The third-order valence-electron chi connectivity index (χ3n) is 8.10. The molecule has 4 aromatic rings. The van der Waals surface area contributed by atoms with E-state index in [0.29, 0.717) is 48.3 Å². The first-order valence-electron chi connectivity index (χ1n) is 15.4. The second kappa shape index (κ2) is 12.4. The minimum absolute atomic E-state index is 0.0266. The molecule has 1 saturated carbocycles. The number of aromatic nitrogens is 3. The van der Waals surface area contributed by atoms with Crippen LogP contribution < -0.4 is 10.1 Å². The predicted octanol–water partition coefficient (Wildman–Crippen LogP) is 7.07. The Hall–Kier alpha value is -4.60. The zero-order valence-electron chi connectivity index (χ0n) is 26.0. The molecule has 1 N–H and O–H groups in total. The van der Waals surface area contributed by atoms with Crippen molar-refractivity contribution in [3.8, 4) is 22.9 Å². The number of likely N-dealkylation sites (tertiary alicyclic amines) is 1. The van der Waals surface area contributed by atoms with Crippen molar-refractivity contribution in [1.29, 1.82) is 0 Å². The van der Waals surface area contributed by atoms with Crippen molar-refractivity contribution in [2.75, 3.05) is 18.4 Å². The number of piperidine rings is 1. The normalized spacial score (nSPS) is 19.7. The maximum absolute atomic E-state index is 13.5. The van der Waals surface area contributed by atoms with Crippen LogP contribution in [0.1, 0.15) is 51.2 Å². The maximum atomic E-state index is 13.5. The highest BCUT2D eigenvalue weighted by atomic mass is 19.1. The van der Waals surface area contributed by atoms with Gasteiger partial charge in [-0.1, -0.05) is 30.3 Å². The Kier molecular flexibility index (Phi) is 8.40. The summed E-state index contributed by atoms with van der Waals surface area (Å²) < 4.78 is 25.6. The summed E-state index contributed by atoms with van der Waals surface area (Å²) in [6.07, 6.45) is 4.25. The lowest BCUT2D eigenvalue weighted by atomic mass is 9.97. The highest BCUT2D eigenvalue weighted by Gasteiger charge is 2.43. The lowest BCUT2D eigenvalue weighted by molar-refractivity contribution is -0.119. The molecule has 1 aliphatic heterocycles. The van der Waals surface area contributed by atoms with E-state index in [-0.39, 0.29) is 24.3 Å². The average Bonchev–Trinajstić information content (AvgIpc) is 3.75. The van der Waals surface area contributed by atoms with Gasteiger partial charge in [-0.25, -0.2) is 24.1 Å². The topological polar surface area (TPSA) is 107 Å². The van der Waals surface area contributed by atoms with Gasteiger partial charge in [0.1, 0.15) is 23.3 Å². The van der Waals surface area contributed by atoms with E-state index in [2.05, 4.69) is 15.3 Å². The number of alkyl halides is 1. The fourth-order valence-electron chi connectivity index (χ4n) is 5.72. The monoisotopic (exact) mass is 611 g/mol. The van der Waals surface area contributed by atoms with Gasteiger partial charge in [-0.15, -0.1) is 0 Å². The van der Waals surface area contributed by atoms with E-state index in [4.69, 9.17) is 14.5 Å². The highest BCUT2D eigenvalue weighted by Crippen LogP contribution is 2.39. The second-order valence-electron chi connectivity index (χ2n) is 12.9. The van der Waals surface area contributed by atoms with Crippen LogP contribution in [-0.4, -0.2) is 62.6 Å². The summed E-state index contributed by atoms with van der Waals surface area (Å²) in [5.74, 6) is 0.913. The second-order valence-corrected chi connectivity index (χ2v) is 12.9. The molecular formula is C35H38FN5O4. The number of ether oxygens (including phenoxy) is 2. The molecule has 3 atom stereocenters. The van der Waals surface area contributed by atoms with E-state index in [1.807, 2.05) is 70.2 Å². The summed E-state index contributed by atoms with van der Waals surface area (Å²) in [5, 5.41) is 5.13. The molecule has 2 aliphatic rings. The number of rotatable bonds is 8. The number of anilines is 1. The molecule has 3 heterocycles. The Bertz CT molecular complexity index is 1740. The van der Waals surface area contributed by atoms with Gasteiger partial charge in [-0.3, -0.25) is 4.79 Å². The lowest BCUT2D eigenvalue weighted by Crippen LogP contribution is -2.47. The minimum atomic E-state index is -1.01. The summed E-state index contributed by atoms with van der Waals surface area (Å²) >= 11 is 0. The fraction of sp³-hybridized carbons (Fsp3) is 0.400. The van der Waals surface area contributed by atoms with E-state index in [0.717, 1.165) is 34.7 Å². The number of halogens is 1. The fourth-order valence-corrected chi connectivity index (χ4v) is 5.72. The number of fused-ring (bicyclic) bond motifs is 1. The number of pyridine rings is 1. The lowest BCUT2D eigenvalue weighted by Gasteiger charge is -2.34. The number of nitrogens with zero attached hydrogens (tertiary/aromatic N) is 4. The predicted molar refractivity (Wildman–Crippen MR) is 170 cm³/mol. The number of Topliss-reactive ketones (excluding diaryl/α,β-unsaturated/α-hetero) is 1. The van der Waals surface area contributed by atoms with Crippen LogP contribution >= 0.6 is 0 Å². The van der Waals surface area contributed by atoms with Gasteiger partial charge in [0.15, 0.2) is 0 Å². The van der Waals surface area contributed by atoms with E-state index in [1.165, 1.54) is 0 Å². The van der Waals surface area contributed by atoms with Crippen molar-refractivity contribution >= 4 is 28.6 Å². The molecule has 10 heteroatoms. The standard InChI is InChI=1S/C35H38FN5O4/c1-21-12-13-24-22(18-30(42)27-19-28(27)36)8-5-10-25(24)31(21)44-32-26(11-6-15-37-32)29-14-16-38-33(40-29)39-23-9-7-17-41(20-23)34(43)45-35(2,3)4/h5-6,8,10-16,23,27-28H,7,9,17-20H2,1-4H3,(H,38,39,40)/t23-,27+,28-/m0/s1. The van der Waals surface area contributed by atoms with Crippen molar-refractivity contribution in [2.45, 2.75) is 71.2 Å². The minimum Gasteiger partial charge on any atom is -0.444 e. The van der Waals surface area contributed by atoms with Crippen LogP contribution in [0, 0.1) is 12.8 Å². The number of carbonyl (C=O) groups is 2. The van der Waals surface area contributed by atoms with Crippen LogP contribution in [0.3, 0.4) is 0 Å². The van der Waals surface area contributed by atoms with Crippen molar-refractivity contribution in [2.24, 2.45) is 5.92 Å². The molecule has 0 unspecified atom stereocenters. The largest absolute Gasteiger partial charge is 0.444 e. The first-order chi connectivity index (χ1) is 21.6. The van der Waals surface area contributed by atoms with Crippen LogP contribution in [0.4, 0.5) is 15.1 Å². The molecule has 0 radical (unpaired) electrons. The smallest absolute Gasteiger partial charge is 0.410 e. The van der Waals surface area contributed by atoms with E-state index in [1.54, 1.807) is 23.4 Å². The highest BCUT2D eigenvalue weighted by molar-refractivity contribution is 5.96. The molecule has 9 nitrogen and oxygen atoms in total. The van der Waals surface area contributed by atoms with Crippen LogP contribution in [0.5, 0.6) is 11.6 Å². The first-order valence-corrected chi connectivity index (χ1v) is 15.4. The number of hydrogen-bond acceptors (Lipinski definition) is 8. The van der Waals surface area contributed by atoms with Crippen LogP contribution in [0.15, 0.2) is 60.9 Å². The van der Waals surface area contributed by atoms with Gasteiger partial charge >= 0.3 is 6.09 Å². The molecule has 45 heavy (non-hydrogen) atoms. The van der Waals surface area contributed by atoms with Crippen molar-refractivity contribution in [3.05, 3.63) is 72.1 Å². The Morgan fingerprint density at radius 1 is 1.04 bits per heavy atom. The van der Waals surface area contributed by atoms with Crippen molar-refractivity contribution in [3.63, 3.8) is 0 Å². The summed E-state index contributed by atoms with van der Waals surface area (Å²) in [6.45, 7) is 8.69. The zero-order chi connectivity index (χ0) is 31.7. The summed E-state index contributed by atoms with van der Waals surface area (Å²) in [5.41, 5.74) is 2.52. The average molecular weight is 612 g/mol. The van der Waals surface area contributed by atoms with Gasteiger partial charge < -0.3 is 19.7 Å². The molecule has 2 fully saturated rings. The zero-order valence-corrected chi connectivity index (χ0v) is 26.0. The Labute approximate surface area is 262 Å². The molecule has 2 aromatic carbocycles. The Morgan fingerprint density at radius 3 is 2.64 bits per heavy atom. The molecule has 0 spiro atoms. The number of amides is 1. The number of ketones is 1. The third-order valence-corrected chi connectivity index (χ3v) is 8.10. The van der Waals surface area contributed by atoms with Crippen LogP contribution in [-0.2, 0) is 16.0 Å². The first kappa shape index (κ1) is 30.4. The molecular weight excluding hydrogens is 573 g/mol. The van der Waals surface area contributed by atoms with Gasteiger partial charge in [-0.05, 0) is 81.7 Å². The van der Waals surface area contributed by atoms with Crippen molar-refractivity contribution < 1.29 is 23.5 Å². The Balaban J connectivity index is 1.23. The molecule has 234 valence electrons. The molecule has 1 aliphatic carbocycles. The van der Waals surface area contributed by atoms with E-state index in [9.17, 15) is 14.0 Å². The maximum Gasteiger partial charge on any atom is 0.410 e. The van der Waals surface area contributed by atoms with Crippen molar-refractivity contribution in [1.82, 2.24) is 19.9 Å². The number of aryl methyl sites for hydroxylation is 1. The van der Waals surface area contributed by atoms with Gasteiger partial charge in [0.25, 0.3) is 0 Å². The molecule has 1 amide bonds. The van der Waals surface area contributed by atoms with Gasteiger partial charge in [0, 0.05) is 43.3 Å². The number of carbonyl (C=O) groups excluding carboxylic acids is 2. The molecule has 6 rings (SSSR count). The number of benzene rings is 2.